The molecular formula is C54H63DyN7O3. The average Bonchev–Trinajstić information content (AvgIpc) is 3.26. The molecule has 0 bridgehead atoms. The maximum absolute atomic E-state index is 11.4. The Hall–Kier alpha value is -5.25. The van der Waals surface area contributed by atoms with Crippen molar-refractivity contribution in [3.63, 3.8) is 0 Å². The molecule has 0 aliphatic heterocycles. The van der Waals surface area contributed by atoms with Crippen LogP contribution in [0.25, 0.3) is 33.8 Å². The summed E-state index contributed by atoms with van der Waals surface area (Å²) in [4.78, 5) is 30.2. The third-order valence-corrected chi connectivity index (χ3v) is 11.2. The van der Waals surface area contributed by atoms with Gasteiger partial charge in [-0.25, -0.2) is 0 Å². The summed E-state index contributed by atoms with van der Waals surface area (Å²) in [6.45, 7) is 22.6. The van der Waals surface area contributed by atoms with E-state index in [0.717, 1.165) is 16.7 Å². The molecule has 6 aromatic rings. The standard InChI is InChI=1S/C54H63N7O3.Dy/c1-52(2,3)40-28-37(49(62)43(31-40)46-16-10-13-19-58-46)34-55-22-25-61(26-23-56-35-38-29-41(53(4,5)6)32-44(50(38)63)47-17-11-14-20-59-47)27-24-57-36-39-30-42(54(7,8)9)33-45(51(39)64)48-18-12-15-21-60-48;/h10-21,28-36,62-64H,22-27H2,1-9H3;. The number of hydrogen-bond donors (Lipinski definition) is 3. The van der Waals surface area contributed by atoms with E-state index in [0.29, 0.717) is 89.7 Å². The van der Waals surface area contributed by atoms with Crippen molar-refractivity contribution >= 4 is 18.6 Å². The second-order valence-corrected chi connectivity index (χ2v) is 19.2. The summed E-state index contributed by atoms with van der Waals surface area (Å²) in [5.41, 5.74) is 8.76. The van der Waals surface area contributed by atoms with Crippen LogP contribution >= 0.6 is 0 Å². The Morgan fingerprint density at radius 3 is 0.954 bits per heavy atom. The Bertz CT molecular complexity index is 2310. The van der Waals surface area contributed by atoms with Crippen molar-refractivity contribution in [2.75, 3.05) is 39.3 Å². The van der Waals surface area contributed by atoms with Gasteiger partial charge in [-0.05, 0) is 106 Å². The summed E-state index contributed by atoms with van der Waals surface area (Å²) < 4.78 is 0. The molecular weight excluding hydrogens is 957 g/mol. The normalized spacial score (nSPS) is 12.5. The first kappa shape index (κ1) is 50.7. The fourth-order valence-electron chi connectivity index (χ4n) is 7.14. The van der Waals surface area contributed by atoms with Gasteiger partial charge in [-0.1, -0.05) is 80.5 Å². The quantitative estimate of drug-likeness (QED) is 0.0871. The van der Waals surface area contributed by atoms with Gasteiger partial charge in [0.2, 0.25) is 0 Å². The van der Waals surface area contributed by atoms with Crippen LogP contribution in [0.15, 0.2) is 125 Å². The van der Waals surface area contributed by atoms with Gasteiger partial charge in [-0.15, -0.1) is 0 Å². The Labute approximate surface area is 415 Å². The summed E-state index contributed by atoms with van der Waals surface area (Å²) >= 11 is 0. The molecule has 0 unspecified atom stereocenters. The van der Waals surface area contributed by atoms with Crippen molar-refractivity contribution in [2.45, 2.75) is 78.6 Å². The monoisotopic (exact) mass is 1020 g/mol. The van der Waals surface area contributed by atoms with Gasteiger partial charge in [-0.3, -0.25) is 34.8 Å². The predicted octanol–water partition coefficient (Wildman–Crippen LogP) is 10.8. The van der Waals surface area contributed by atoms with E-state index in [1.165, 1.54) is 0 Å². The van der Waals surface area contributed by atoms with Gasteiger partial charge in [0.25, 0.3) is 0 Å². The molecule has 3 N–H and O–H groups in total. The number of aliphatic imine (C=N–C) groups is 3. The molecule has 0 radical (unpaired) electrons. The molecule has 0 aliphatic carbocycles. The van der Waals surface area contributed by atoms with Crippen molar-refractivity contribution in [1.82, 2.24) is 19.9 Å². The minimum absolute atomic E-state index is 0. The van der Waals surface area contributed by atoms with Crippen molar-refractivity contribution in [2.24, 2.45) is 15.0 Å². The molecule has 0 aliphatic rings. The molecule has 0 saturated heterocycles. The number of aromatic hydroxyl groups is 3. The predicted molar refractivity (Wildman–Crippen MR) is 264 cm³/mol. The Morgan fingerprint density at radius 2 is 0.723 bits per heavy atom. The topological polar surface area (TPSA) is 140 Å². The molecule has 0 fully saturated rings. The fourth-order valence-corrected chi connectivity index (χ4v) is 7.14. The molecule has 6 rings (SSSR count). The van der Waals surface area contributed by atoms with E-state index in [1.54, 1.807) is 37.2 Å². The average molecular weight is 1020 g/mol. The van der Waals surface area contributed by atoms with Crippen LogP contribution in [-0.4, -0.2) is 93.1 Å². The van der Waals surface area contributed by atoms with Gasteiger partial charge >= 0.3 is 0 Å². The van der Waals surface area contributed by atoms with Crippen molar-refractivity contribution in [1.29, 1.82) is 0 Å². The molecule has 10 nitrogen and oxygen atoms in total. The molecule has 65 heavy (non-hydrogen) atoms. The summed E-state index contributed by atoms with van der Waals surface area (Å²) in [6, 6.07) is 29.0. The number of pyridine rings is 3. The van der Waals surface area contributed by atoms with Crippen LogP contribution < -0.4 is 0 Å². The Kier molecular flexibility index (Phi) is 17.4. The summed E-state index contributed by atoms with van der Waals surface area (Å²) in [5.74, 6) is 0.433. The maximum atomic E-state index is 11.4. The number of rotatable bonds is 15. The van der Waals surface area contributed by atoms with E-state index < -0.39 is 0 Å². The third kappa shape index (κ3) is 13.6. The van der Waals surface area contributed by atoms with E-state index in [1.807, 2.05) is 91.0 Å². The van der Waals surface area contributed by atoms with E-state index >= 15 is 0 Å². The zero-order chi connectivity index (χ0) is 46.1. The van der Waals surface area contributed by atoms with Gasteiger partial charge in [0.1, 0.15) is 17.2 Å². The molecule has 3 aromatic heterocycles. The molecule has 3 aromatic carbocycles. The molecule has 11 heteroatoms. The molecule has 0 spiro atoms. The number of aromatic nitrogens is 3. The molecule has 342 valence electrons. The zero-order valence-corrected chi connectivity index (χ0v) is 41.2. The number of phenolic OH excluding ortho intramolecular Hbond substituents is 3. The number of benzene rings is 3. The number of nitrogens with zero attached hydrogens (tertiary/aromatic N) is 7. The second-order valence-electron chi connectivity index (χ2n) is 19.2. The van der Waals surface area contributed by atoms with Gasteiger partial charge in [0.15, 0.2) is 0 Å². The minimum Gasteiger partial charge on any atom is -0.507 e. The molecule has 0 atom stereocenters. The Morgan fingerprint density at radius 1 is 0.446 bits per heavy atom. The first-order valence-electron chi connectivity index (χ1n) is 22.0. The van der Waals surface area contributed by atoms with E-state index in [4.69, 9.17) is 15.0 Å². The molecule has 3 heterocycles. The fraction of sp³-hybridized carbons (Fsp3) is 0.333. The SMILES string of the molecule is CC(C)(C)c1cc(C=NCCN(CCN=Cc2cc(C(C)(C)C)cc(-c3ccccn3)c2O)CCN=Cc2cc(C(C)(C)C)cc(-c3ccccn3)c2O)c(O)c(-c2ccccn2)c1.[Dy]. The van der Waals surface area contributed by atoms with Crippen molar-refractivity contribution < 1.29 is 53.5 Å². The first-order valence-corrected chi connectivity index (χ1v) is 22.0. The van der Waals surface area contributed by atoms with Crippen LogP contribution in [0.3, 0.4) is 0 Å². The van der Waals surface area contributed by atoms with Crippen LogP contribution in [-0.2, 0) is 16.2 Å². The van der Waals surface area contributed by atoms with Gasteiger partial charge in [-0.2, -0.15) is 0 Å². The minimum atomic E-state index is -0.159. The first-order chi connectivity index (χ1) is 30.4. The van der Waals surface area contributed by atoms with Crippen LogP contribution in [0, 0.1) is 38.2 Å². The van der Waals surface area contributed by atoms with Gasteiger partial charge in [0.05, 0.1) is 36.7 Å². The van der Waals surface area contributed by atoms with Crippen LogP contribution in [0.4, 0.5) is 0 Å². The zero-order valence-electron chi connectivity index (χ0n) is 39.2. The summed E-state index contributed by atoms with van der Waals surface area (Å²) in [5, 5.41) is 34.3. The van der Waals surface area contributed by atoms with E-state index in [9.17, 15) is 15.3 Å². The van der Waals surface area contributed by atoms with Gasteiger partial charge < -0.3 is 15.3 Å². The molecule has 0 amide bonds. The number of phenols is 3. The Balaban J connectivity index is 0.00000793. The summed E-state index contributed by atoms with van der Waals surface area (Å²) in [6.07, 6.45) is 10.4. The van der Waals surface area contributed by atoms with Crippen LogP contribution in [0.2, 0.25) is 0 Å². The molecule has 0 saturated carbocycles. The van der Waals surface area contributed by atoms with Crippen LogP contribution in [0.5, 0.6) is 17.2 Å². The third-order valence-electron chi connectivity index (χ3n) is 11.2. The second kappa shape index (κ2) is 22.3. The van der Waals surface area contributed by atoms with Gasteiger partial charge in [0, 0.05) is 128 Å². The van der Waals surface area contributed by atoms with Crippen LogP contribution in [0.1, 0.15) is 95.7 Å². The smallest absolute Gasteiger partial charge is 0.133 e. The summed E-state index contributed by atoms with van der Waals surface area (Å²) in [7, 11) is 0. The largest absolute Gasteiger partial charge is 0.507 e. The van der Waals surface area contributed by atoms with Crippen molar-refractivity contribution in [3.05, 3.63) is 143 Å². The van der Waals surface area contributed by atoms with Crippen molar-refractivity contribution in [3.8, 4) is 51.0 Å². The van der Waals surface area contributed by atoms with E-state index in [-0.39, 0.29) is 71.7 Å². The maximum Gasteiger partial charge on any atom is 0.133 e. The van der Waals surface area contributed by atoms with E-state index in [2.05, 4.69) is 82.2 Å². The number of hydrogen-bond acceptors (Lipinski definition) is 10.